The first-order valence-electron chi connectivity index (χ1n) is 7.20. The Labute approximate surface area is 127 Å². The van der Waals surface area contributed by atoms with E-state index in [2.05, 4.69) is 0 Å². The van der Waals surface area contributed by atoms with Gasteiger partial charge in [0.2, 0.25) is 0 Å². The zero-order chi connectivity index (χ0) is 14.8. The SMILES string of the molecule is N=C1C2=NC3C(=C(N)c4ccccc43)N=C2c2ccccc21. The molecular weight excluding hydrogens is 272 g/mol. The zero-order valence-corrected chi connectivity index (χ0v) is 11.7. The lowest BCUT2D eigenvalue weighted by molar-refractivity contribution is 0.854. The van der Waals surface area contributed by atoms with Crippen LogP contribution in [-0.2, 0) is 0 Å². The van der Waals surface area contributed by atoms with Gasteiger partial charge in [0.05, 0.1) is 22.8 Å². The maximum absolute atomic E-state index is 8.38. The van der Waals surface area contributed by atoms with Crippen LogP contribution in [0.3, 0.4) is 0 Å². The molecule has 4 heteroatoms. The van der Waals surface area contributed by atoms with E-state index in [0.717, 1.165) is 33.7 Å². The van der Waals surface area contributed by atoms with Gasteiger partial charge in [0.15, 0.2) is 0 Å². The number of nitrogens with zero attached hydrogens (tertiary/aromatic N) is 2. The molecule has 0 radical (unpaired) electrons. The summed E-state index contributed by atoms with van der Waals surface area (Å²) >= 11 is 0. The number of benzene rings is 2. The van der Waals surface area contributed by atoms with Crippen LogP contribution in [0.1, 0.15) is 28.3 Å². The molecule has 2 aromatic carbocycles. The summed E-state index contributed by atoms with van der Waals surface area (Å²) < 4.78 is 0. The maximum atomic E-state index is 8.38. The second-order valence-electron chi connectivity index (χ2n) is 5.65. The van der Waals surface area contributed by atoms with Gasteiger partial charge in [-0.25, -0.2) is 4.99 Å². The maximum Gasteiger partial charge on any atom is 0.121 e. The second kappa shape index (κ2) is 3.80. The van der Waals surface area contributed by atoms with E-state index in [9.17, 15) is 0 Å². The molecule has 0 aromatic heterocycles. The molecule has 2 aliphatic carbocycles. The standard InChI is InChI=1S/C18H12N4/c19-13-9-5-1-3-7-11(9)15-17(13)22-16-12-8-4-2-6-10(12)14(20)18(16)21-15/h1-8,15,20H,19H2. The molecule has 2 aromatic rings. The third-order valence-corrected chi connectivity index (χ3v) is 4.48. The predicted octanol–water partition coefficient (Wildman–Crippen LogP) is 2.69. The molecule has 1 aliphatic heterocycles. The molecule has 1 unspecified atom stereocenters. The quantitative estimate of drug-likeness (QED) is 0.767. The summed E-state index contributed by atoms with van der Waals surface area (Å²) in [6.07, 6.45) is 0. The summed E-state index contributed by atoms with van der Waals surface area (Å²) in [4.78, 5) is 9.61. The van der Waals surface area contributed by atoms with Gasteiger partial charge < -0.3 is 5.73 Å². The minimum absolute atomic E-state index is 0.176. The van der Waals surface area contributed by atoms with Gasteiger partial charge in [0.1, 0.15) is 11.8 Å². The number of fused-ring (bicyclic) bond motifs is 6. The van der Waals surface area contributed by atoms with Crippen molar-refractivity contribution in [1.29, 1.82) is 5.41 Å². The Kier molecular flexibility index (Phi) is 2.01. The highest BCUT2D eigenvalue weighted by Crippen LogP contribution is 2.44. The van der Waals surface area contributed by atoms with E-state index < -0.39 is 0 Å². The van der Waals surface area contributed by atoms with Crippen LogP contribution in [0.2, 0.25) is 0 Å². The topological polar surface area (TPSA) is 74.6 Å². The molecule has 5 rings (SSSR count). The van der Waals surface area contributed by atoms with Crippen LogP contribution < -0.4 is 5.73 Å². The summed E-state index contributed by atoms with van der Waals surface area (Å²) in [5.41, 5.74) is 13.7. The first-order chi connectivity index (χ1) is 10.8. The summed E-state index contributed by atoms with van der Waals surface area (Å²) in [6, 6.07) is 15.7. The lowest BCUT2D eigenvalue weighted by Crippen LogP contribution is -2.21. The van der Waals surface area contributed by atoms with Crippen LogP contribution in [0.15, 0.2) is 64.2 Å². The number of aliphatic imine (C=N–C) groups is 2. The fraction of sp³-hybridized carbons (Fsp3) is 0.0556. The number of rotatable bonds is 0. The Hall–Kier alpha value is -3.01. The Morgan fingerprint density at radius 1 is 0.864 bits per heavy atom. The fourth-order valence-corrected chi connectivity index (χ4v) is 3.43. The molecule has 0 saturated carbocycles. The largest absolute Gasteiger partial charge is 0.397 e. The van der Waals surface area contributed by atoms with E-state index in [1.54, 1.807) is 0 Å². The van der Waals surface area contributed by atoms with Crippen LogP contribution in [0.4, 0.5) is 0 Å². The number of nitrogens with two attached hydrogens (primary N) is 1. The normalized spacial score (nSPS) is 20.9. The highest BCUT2D eigenvalue weighted by atomic mass is 15.0. The van der Waals surface area contributed by atoms with Crippen LogP contribution in [0, 0.1) is 5.41 Å². The van der Waals surface area contributed by atoms with E-state index in [1.807, 2.05) is 48.5 Å². The van der Waals surface area contributed by atoms with Crippen molar-refractivity contribution in [2.75, 3.05) is 0 Å². The van der Waals surface area contributed by atoms with Crippen LogP contribution in [0.5, 0.6) is 0 Å². The van der Waals surface area contributed by atoms with Gasteiger partial charge in [-0.05, 0) is 5.56 Å². The summed E-state index contributed by atoms with van der Waals surface area (Å²) in [6.45, 7) is 0. The molecule has 104 valence electrons. The van der Waals surface area contributed by atoms with Gasteiger partial charge in [-0.3, -0.25) is 10.4 Å². The van der Waals surface area contributed by atoms with E-state index >= 15 is 0 Å². The minimum Gasteiger partial charge on any atom is -0.397 e. The van der Waals surface area contributed by atoms with Crippen molar-refractivity contribution in [2.24, 2.45) is 15.7 Å². The van der Waals surface area contributed by atoms with Gasteiger partial charge in [-0.1, -0.05) is 48.5 Å². The summed E-state index contributed by atoms with van der Waals surface area (Å²) in [5, 5.41) is 8.38. The van der Waals surface area contributed by atoms with E-state index in [1.165, 1.54) is 0 Å². The van der Waals surface area contributed by atoms with E-state index in [4.69, 9.17) is 21.1 Å². The molecule has 3 N–H and O–H groups in total. The van der Waals surface area contributed by atoms with Crippen LogP contribution >= 0.6 is 0 Å². The van der Waals surface area contributed by atoms with Crippen molar-refractivity contribution < 1.29 is 0 Å². The van der Waals surface area contributed by atoms with Crippen LogP contribution in [-0.4, -0.2) is 17.1 Å². The zero-order valence-electron chi connectivity index (χ0n) is 11.7. The molecule has 0 spiro atoms. The highest BCUT2D eigenvalue weighted by Gasteiger charge is 2.39. The van der Waals surface area contributed by atoms with Crippen molar-refractivity contribution in [3.8, 4) is 0 Å². The van der Waals surface area contributed by atoms with Crippen molar-refractivity contribution in [3.05, 3.63) is 76.5 Å². The summed E-state index contributed by atoms with van der Waals surface area (Å²) in [5.74, 6) is 0. The molecule has 0 amide bonds. The molecule has 1 atom stereocenters. The average molecular weight is 284 g/mol. The Morgan fingerprint density at radius 3 is 2.36 bits per heavy atom. The molecule has 0 fully saturated rings. The summed E-state index contributed by atoms with van der Waals surface area (Å²) in [7, 11) is 0. The molecule has 4 nitrogen and oxygen atoms in total. The van der Waals surface area contributed by atoms with Gasteiger partial charge in [0, 0.05) is 16.7 Å². The van der Waals surface area contributed by atoms with Crippen molar-refractivity contribution in [1.82, 2.24) is 0 Å². The van der Waals surface area contributed by atoms with Crippen molar-refractivity contribution >= 4 is 22.8 Å². The van der Waals surface area contributed by atoms with Crippen LogP contribution in [0.25, 0.3) is 5.70 Å². The Bertz CT molecular complexity index is 963. The Balaban J connectivity index is 1.80. The average Bonchev–Trinajstić information content (AvgIpc) is 3.01. The van der Waals surface area contributed by atoms with Gasteiger partial charge >= 0.3 is 0 Å². The van der Waals surface area contributed by atoms with Gasteiger partial charge in [-0.15, -0.1) is 0 Å². The third kappa shape index (κ3) is 1.25. The first kappa shape index (κ1) is 11.6. The molecule has 1 heterocycles. The third-order valence-electron chi connectivity index (χ3n) is 4.48. The smallest absolute Gasteiger partial charge is 0.121 e. The molecule has 22 heavy (non-hydrogen) atoms. The molecule has 0 bridgehead atoms. The molecular formula is C18H12N4. The van der Waals surface area contributed by atoms with Crippen molar-refractivity contribution in [3.63, 3.8) is 0 Å². The van der Waals surface area contributed by atoms with Gasteiger partial charge in [-0.2, -0.15) is 0 Å². The number of hydrogen-bond donors (Lipinski definition) is 2. The van der Waals surface area contributed by atoms with E-state index in [0.29, 0.717) is 17.1 Å². The lowest BCUT2D eigenvalue weighted by atomic mass is 10.0. The lowest BCUT2D eigenvalue weighted by Gasteiger charge is -2.16. The molecule has 3 aliphatic rings. The fourth-order valence-electron chi connectivity index (χ4n) is 3.43. The first-order valence-corrected chi connectivity index (χ1v) is 7.20. The Morgan fingerprint density at radius 2 is 1.55 bits per heavy atom. The predicted molar refractivity (Wildman–Crippen MR) is 87.5 cm³/mol. The van der Waals surface area contributed by atoms with Gasteiger partial charge in [0.25, 0.3) is 0 Å². The van der Waals surface area contributed by atoms with Crippen molar-refractivity contribution in [2.45, 2.75) is 6.04 Å². The van der Waals surface area contributed by atoms with E-state index in [-0.39, 0.29) is 6.04 Å². The minimum atomic E-state index is -0.176. The number of hydrogen-bond acceptors (Lipinski definition) is 4. The second-order valence-corrected chi connectivity index (χ2v) is 5.65. The highest BCUT2D eigenvalue weighted by molar-refractivity contribution is 6.78. The molecule has 0 saturated heterocycles. The number of nitrogens with one attached hydrogen (secondary N) is 1. The monoisotopic (exact) mass is 284 g/mol.